The van der Waals surface area contributed by atoms with Crippen LogP contribution in [-0.4, -0.2) is 125 Å². The van der Waals surface area contributed by atoms with Crippen molar-refractivity contribution in [3.05, 3.63) is 24.4 Å². The lowest BCUT2D eigenvalue weighted by Crippen LogP contribution is -2.35. The summed E-state index contributed by atoms with van der Waals surface area (Å²) >= 11 is 0. The molecule has 1 heterocycles. The van der Waals surface area contributed by atoms with E-state index in [1.165, 1.54) is 19.3 Å². The first-order chi connectivity index (χ1) is 21.2. The third-order valence-corrected chi connectivity index (χ3v) is 6.21. The molecule has 0 radical (unpaired) electrons. The fourth-order valence-electron chi connectivity index (χ4n) is 3.65. The van der Waals surface area contributed by atoms with Crippen molar-refractivity contribution in [1.29, 1.82) is 0 Å². The molecule has 15 heteroatoms. The van der Waals surface area contributed by atoms with Gasteiger partial charge in [0, 0.05) is 70.4 Å². The minimum atomic E-state index is -0.734. The zero-order chi connectivity index (χ0) is 32.6. The number of nitrogens with one attached hydrogen (secondary N) is 3. The first kappa shape index (κ1) is 38.7. The summed E-state index contributed by atoms with van der Waals surface area (Å²) in [6.07, 6.45) is 3.39. The smallest absolute Gasteiger partial charge is 0.305 e. The number of nitrogens with zero attached hydrogens (tertiary/aromatic N) is 1. The molecule has 0 bridgehead atoms. The first-order valence-electron chi connectivity index (χ1n) is 14.8. The number of ether oxygens (including phenoxy) is 5. The molecule has 250 valence electrons. The number of aliphatic hydroxyl groups excluding tert-OH is 1. The van der Waals surface area contributed by atoms with Crippen LogP contribution in [-0.2, 0) is 47.7 Å². The van der Waals surface area contributed by atoms with E-state index in [0.29, 0.717) is 45.6 Å². The molecule has 4 N–H and O–H groups in total. The fourth-order valence-corrected chi connectivity index (χ4v) is 3.65. The summed E-state index contributed by atoms with van der Waals surface area (Å²) in [7, 11) is 1.44. The van der Waals surface area contributed by atoms with Crippen molar-refractivity contribution in [3.8, 4) is 0 Å². The van der Waals surface area contributed by atoms with Gasteiger partial charge in [0.1, 0.15) is 6.61 Å². The summed E-state index contributed by atoms with van der Waals surface area (Å²) in [5, 5.41) is 17.7. The summed E-state index contributed by atoms with van der Waals surface area (Å²) < 4.78 is 26.5. The minimum Gasteiger partial charge on any atom is -0.460 e. The van der Waals surface area contributed by atoms with E-state index < -0.39 is 18.1 Å². The zero-order valence-electron chi connectivity index (χ0n) is 25.8. The van der Waals surface area contributed by atoms with Crippen LogP contribution in [0.4, 0.5) is 0 Å². The van der Waals surface area contributed by atoms with Crippen LogP contribution in [0.15, 0.2) is 24.4 Å². The number of rotatable bonds is 27. The topological polar surface area (TPSA) is 191 Å². The molecular weight excluding hydrogens is 580 g/mol. The average Bonchev–Trinajstić information content (AvgIpc) is 3.33. The zero-order valence-corrected chi connectivity index (χ0v) is 25.8. The molecule has 2 unspecified atom stereocenters. The Hall–Kier alpha value is -3.37. The number of imide groups is 1. The summed E-state index contributed by atoms with van der Waals surface area (Å²) in [6.45, 7) is 7.92. The number of aliphatic hydroxyl groups is 1. The number of esters is 1. The minimum absolute atomic E-state index is 0.0219. The van der Waals surface area contributed by atoms with Gasteiger partial charge < -0.3 is 44.7 Å². The quantitative estimate of drug-likeness (QED) is 0.0397. The summed E-state index contributed by atoms with van der Waals surface area (Å²) in [5.41, 5.74) is 0.745. The maximum atomic E-state index is 12.0. The highest BCUT2D eigenvalue weighted by Gasteiger charge is 2.23. The SMILES string of the molecule is C=C(CCCC(=O)OCC(OC)OC(CC)CO)NCCNC(=O)CCOCCOCCNC(=O)CCN1C(=O)C=CC1=O. The number of carbonyl (C=O) groups excluding carboxylic acids is 5. The van der Waals surface area contributed by atoms with Gasteiger partial charge in [0.25, 0.3) is 11.8 Å². The van der Waals surface area contributed by atoms with Crippen molar-refractivity contribution in [3.63, 3.8) is 0 Å². The van der Waals surface area contributed by atoms with Gasteiger partial charge in [-0.2, -0.15) is 0 Å². The molecule has 0 aromatic rings. The van der Waals surface area contributed by atoms with Crippen LogP contribution < -0.4 is 16.0 Å². The van der Waals surface area contributed by atoms with E-state index in [1.807, 2.05) is 6.92 Å². The number of hydrogen-bond acceptors (Lipinski definition) is 12. The van der Waals surface area contributed by atoms with Crippen LogP contribution in [0.25, 0.3) is 0 Å². The monoisotopic (exact) mass is 628 g/mol. The Morgan fingerprint density at radius 2 is 1.52 bits per heavy atom. The lowest BCUT2D eigenvalue weighted by molar-refractivity contribution is -0.194. The number of amides is 4. The van der Waals surface area contributed by atoms with Crippen molar-refractivity contribution in [1.82, 2.24) is 20.9 Å². The van der Waals surface area contributed by atoms with Crippen molar-refractivity contribution in [2.75, 3.05) is 72.9 Å². The Bertz CT molecular complexity index is 922. The van der Waals surface area contributed by atoms with Crippen LogP contribution in [0.2, 0.25) is 0 Å². The lowest BCUT2D eigenvalue weighted by Gasteiger charge is -2.21. The standard InChI is InChI=1S/C29H48N4O11/c1-4-23(20-34)44-29(40-3)21-43-28(39)7-5-6-22(2)30-12-13-31-25(36)11-16-41-18-19-42-17-14-32-24(35)10-15-33-26(37)8-9-27(33)38/h8-9,23,29-30,34H,2,4-7,10-21H2,1,3H3,(H,31,36)(H,32,35). The molecule has 0 aromatic carbocycles. The third-order valence-electron chi connectivity index (χ3n) is 6.21. The number of carbonyl (C=O) groups is 5. The fraction of sp³-hybridized carbons (Fsp3) is 0.690. The third kappa shape index (κ3) is 18.3. The van der Waals surface area contributed by atoms with E-state index in [0.717, 1.165) is 10.6 Å². The van der Waals surface area contributed by atoms with Gasteiger partial charge >= 0.3 is 5.97 Å². The van der Waals surface area contributed by atoms with E-state index in [1.54, 1.807) is 0 Å². The highest BCUT2D eigenvalue weighted by molar-refractivity contribution is 6.13. The molecule has 1 aliphatic heterocycles. The molecule has 0 aliphatic carbocycles. The Morgan fingerprint density at radius 1 is 0.886 bits per heavy atom. The van der Waals surface area contributed by atoms with Crippen molar-refractivity contribution in [2.24, 2.45) is 0 Å². The van der Waals surface area contributed by atoms with E-state index in [4.69, 9.17) is 23.7 Å². The van der Waals surface area contributed by atoms with Crippen molar-refractivity contribution in [2.45, 2.75) is 57.8 Å². The maximum Gasteiger partial charge on any atom is 0.305 e. The molecule has 0 aromatic heterocycles. The predicted octanol–water partition coefficient (Wildman–Crippen LogP) is -0.466. The normalized spacial score (nSPS) is 13.9. The first-order valence-corrected chi connectivity index (χ1v) is 14.8. The highest BCUT2D eigenvalue weighted by atomic mass is 16.7. The summed E-state index contributed by atoms with van der Waals surface area (Å²) in [4.78, 5) is 59.6. The van der Waals surface area contributed by atoms with Crippen LogP contribution >= 0.6 is 0 Å². The Morgan fingerprint density at radius 3 is 2.18 bits per heavy atom. The molecule has 15 nitrogen and oxygen atoms in total. The van der Waals surface area contributed by atoms with Gasteiger partial charge in [-0.3, -0.25) is 28.9 Å². The molecule has 0 saturated heterocycles. The largest absolute Gasteiger partial charge is 0.460 e. The highest BCUT2D eigenvalue weighted by Crippen LogP contribution is 2.07. The second-order valence-electron chi connectivity index (χ2n) is 9.67. The van der Waals surface area contributed by atoms with E-state index >= 15 is 0 Å². The molecular formula is C29H48N4O11. The molecule has 1 rings (SSSR count). The van der Waals surface area contributed by atoms with Crippen LogP contribution in [0.3, 0.4) is 0 Å². The molecule has 0 fully saturated rings. The average molecular weight is 629 g/mol. The number of hydrogen-bond donors (Lipinski definition) is 4. The van der Waals surface area contributed by atoms with E-state index in [2.05, 4.69) is 22.5 Å². The second-order valence-corrected chi connectivity index (χ2v) is 9.67. The Labute approximate surface area is 258 Å². The van der Waals surface area contributed by atoms with Crippen LogP contribution in [0, 0.1) is 0 Å². The lowest BCUT2D eigenvalue weighted by atomic mass is 10.2. The van der Waals surface area contributed by atoms with Gasteiger partial charge in [-0.05, 0) is 19.3 Å². The molecule has 44 heavy (non-hydrogen) atoms. The van der Waals surface area contributed by atoms with Crippen molar-refractivity contribution < 1.29 is 52.8 Å². The van der Waals surface area contributed by atoms with Gasteiger partial charge in [-0.25, -0.2) is 0 Å². The Balaban J connectivity index is 1.92. The number of allylic oxidation sites excluding steroid dienone is 1. The molecule has 0 saturated carbocycles. The molecule has 1 aliphatic rings. The van der Waals surface area contributed by atoms with E-state index in [-0.39, 0.29) is 82.7 Å². The Kier molecular flexibility index (Phi) is 21.1. The van der Waals surface area contributed by atoms with Gasteiger partial charge in [0.05, 0.1) is 39.1 Å². The second kappa shape index (κ2) is 24.0. The van der Waals surface area contributed by atoms with Gasteiger partial charge in [-0.15, -0.1) is 0 Å². The van der Waals surface area contributed by atoms with Gasteiger partial charge in [0.15, 0.2) is 6.29 Å². The number of methoxy groups -OCH3 is 1. The van der Waals surface area contributed by atoms with Crippen molar-refractivity contribution >= 4 is 29.6 Å². The molecule has 4 amide bonds. The summed E-state index contributed by atoms with van der Waals surface area (Å²) in [6, 6.07) is 0. The van der Waals surface area contributed by atoms with Crippen LogP contribution in [0.1, 0.15) is 45.4 Å². The summed E-state index contributed by atoms with van der Waals surface area (Å²) in [5.74, 6) is -1.66. The van der Waals surface area contributed by atoms with Gasteiger partial charge in [-0.1, -0.05) is 13.5 Å². The maximum absolute atomic E-state index is 12.0. The molecule has 0 spiro atoms. The van der Waals surface area contributed by atoms with Gasteiger partial charge in [0.2, 0.25) is 11.8 Å². The predicted molar refractivity (Wildman–Crippen MR) is 158 cm³/mol. The molecule has 2 atom stereocenters. The van der Waals surface area contributed by atoms with Crippen LogP contribution in [0.5, 0.6) is 0 Å². The van der Waals surface area contributed by atoms with E-state index in [9.17, 15) is 29.1 Å².